The van der Waals surface area contributed by atoms with Crippen LogP contribution in [0.2, 0.25) is 0 Å². The van der Waals surface area contributed by atoms with Gasteiger partial charge >= 0.3 is 0 Å². The lowest BCUT2D eigenvalue weighted by Crippen LogP contribution is -2.45. The lowest BCUT2D eigenvalue weighted by molar-refractivity contribution is -0.000786. The van der Waals surface area contributed by atoms with Crippen LogP contribution in [0.15, 0.2) is 18.2 Å². The quantitative estimate of drug-likeness (QED) is 0.649. The molecule has 1 aliphatic heterocycles. The Bertz CT molecular complexity index is 497. The molecule has 3 heteroatoms. The lowest BCUT2D eigenvalue weighted by Gasteiger charge is -2.42. The molecule has 2 aliphatic rings. The molecule has 0 aromatic heterocycles. The fraction of sp³-hybridized carbons (Fsp3) is 0.533. The van der Waals surface area contributed by atoms with Gasteiger partial charge in [-0.2, -0.15) is 0 Å². The predicted octanol–water partition coefficient (Wildman–Crippen LogP) is 1.86. The molecule has 2 nitrogen and oxygen atoms in total. The SMILES string of the molecule is Bc1ccc2c(c1)C(=O)CC1(CCCC(C)C1)O2. The molecule has 0 bridgehead atoms. The van der Waals surface area contributed by atoms with E-state index in [1.54, 1.807) is 0 Å². The Hall–Kier alpha value is -1.25. The van der Waals surface area contributed by atoms with Gasteiger partial charge in [0.2, 0.25) is 0 Å². The van der Waals surface area contributed by atoms with Crippen LogP contribution in [-0.4, -0.2) is 19.2 Å². The molecule has 1 spiro atoms. The van der Waals surface area contributed by atoms with Crippen molar-refractivity contribution in [2.45, 2.75) is 44.6 Å². The molecule has 1 aromatic rings. The number of Topliss-reactive ketones (excluding diaryl/α,β-unsaturated/α-hetero) is 1. The second-order valence-electron chi connectivity index (χ2n) is 6.09. The van der Waals surface area contributed by atoms with E-state index in [0.717, 1.165) is 29.6 Å². The zero-order valence-electron chi connectivity index (χ0n) is 11.2. The van der Waals surface area contributed by atoms with Gasteiger partial charge in [0.25, 0.3) is 0 Å². The third-order valence-electron chi connectivity index (χ3n) is 4.29. The number of benzene rings is 1. The first-order chi connectivity index (χ1) is 8.58. The van der Waals surface area contributed by atoms with E-state index in [2.05, 4.69) is 6.92 Å². The van der Waals surface area contributed by atoms with Gasteiger partial charge in [-0.25, -0.2) is 0 Å². The van der Waals surface area contributed by atoms with E-state index < -0.39 is 0 Å². The van der Waals surface area contributed by atoms with Crippen LogP contribution in [0.5, 0.6) is 5.75 Å². The summed E-state index contributed by atoms with van der Waals surface area (Å²) in [6.45, 7) is 2.26. The van der Waals surface area contributed by atoms with Crippen molar-refractivity contribution in [2.24, 2.45) is 5.92 Å². The van der Waals surface area contributed by atoms with E-state index in [1.165, 1.54) is 12.8 Å². The molecule has 0 N–H and O–H groups in total. The fourth-order valence-electron chi connectivity index (χ4n) is 3.47. The minimum absolute atomic E-state index is 0.211. The highest BCUT2D eigenvalue weighted by Gasteiger charge is 2.42. The number of carbonyl (C=O) groups is 1. The average Bonchev–Trinajstić information content (AvgIpc) is 2.30. The van der Waals surface area contributed by atoms with Crippen molar-refractivity contribution in [2.75, 3.05) is 0 Å². The largest absolute Gasteiger partial charge is 0.486 e. The van der Waals surface area contributed by atoms with Gasteiger partial charge in [-0.3, -0.25) is 4.79 Å². The fourth-order valence-corrected chi connectivity index (χ4v) is 3.47. The highest BCUT2D eigenvalue weighted by Crippen LogP contribution is 2.43. The number of ketones is 1. The minimum Gasteiger partial charge on any atom is -0.486 e. The second-order valence-corrected chi connectivity index (χ2v) is 6.09. The first kappa shape index (κ1) is 11.8. The maximum absolute atomic E-state index is 12.3. The summed E-state index contributed by atoms with van der Waals surface area (Å²) >= 11 is 0. The first-order valence-corrected chi connectivity index (χ1v) is 6.91. The van der Waals surface area contributed by atoms with Crippen LogP contribution in [0, 0.1) is 5.92 Å². The minimum atomic E-state index is -0.211. The Kier molecular flexibility index (Phi) is 2.72. The Labute approximate surface area is 109 Å². The Morgan fingerprint density at radius 1 is 1.44 bits per heavy atom. The van der Waals surface area contributed by atoms with Crippen molar-refractivity contribution in [3.05, 3.63) is 23.8 Å². The van der Waals surface area contributed by atoms with Crippen LogP contribution in [0.25, 0.3) is 0 Å². The molecule has 94 valence electrons. The first-order valence-electron chi connectivity index (χ1n) is 6.91. The number of carbonyl (C=O) groups excluding carboxylic acids is 1. The average molecular weight is 242 g/mol. The van der Waals surface area contributed by atoms with Crippen LogP contribution in [0.3, 0.4) is 0 Å². The molecule has 0 saturated heterocycles. The molecular weight excluding hydrogens is 223 g/mol. The number of hydrogen-bond acceptors (Lipinski definition) is 2. The number of hydrogen-bond donors (Lipinski definition) is 0. The van der Waals surface area contributed by atoms with Crippen LogP contribution in [0.4, 0.5) is 0 Å². The molecule has 1 aliphatic carbocycles. The van der Waals surface area contributed by atoms with Crippen molar-refractivity contribution in [1.29, 1.82) is 0 Å². The number of ether oxygens (including phenoxy) is 1. The third-order valence-corrected chi connectivity index (χ3v) is 4.29. The van der Waals surface area contributed by atoms with E-state index >= 15 is 0 Å². The molecular formula is C15H19BO2. The van der Waals surface area contributed by atoms with Crippen LogP contribution in [0.1, 0.15) is 49.4 Å². The Morgan fingerprint density at radius 2 is 2.28 bits per heavy atom. The molecule has 2 unspecified atom stereocenters. The number of fused-ring (bicyclic) bond motifs is 1. The summed E-state index contributed by atoms with van der Waals surface area (Å²) in [5.41, 5.74) is 1.69. The molecule has 1 fully saturated rings. The van der Waals surface area contributed by atoms with Gasteiger partial charge in [0.1, 0.15) is 19.2 Å². The van der Waals surface area contributed by atoms with E-state index in [-0.39, 0.29) is 11.4 Å². The zero-order chi connectivity index (χ0) is 12.8. The Morgan fingerprint density at radius 3 is 3.06 bits per heavy atom. The van der Waals surface area contributed by atoms with Crippen molar-refractivity contribution in [1.82, 2.24) is 0 Å². The highest BCUT2D eigenvalue weighted by molar-refractivity contribution is 6.32. The smallest absolute Gasteiger partial charge is 0.170 e. The second kappa shape index (κ2) is 4.15. The maximum atomic E-state index is 12.3. The standard InChI is InChI=1S/C15H19BO2/c1-10-3-2-6-15(8-10)9-13(17)12-7-11(16)4-5-14(12)18-15/h4-5,7,10H,2-3,6,8-9,16H2,1H3. The van der Waals surface area contributed by atoms with E-state index in [4.69, 9.17) is 4.74 Å². The van der Waals surface area contributed by atoms with Gasteiger partial charge in [0, 0.05) is 0 Å². The highest BCUT2D eigenvalue weighted by atomic mass is 16.5. The molecule has 1 aromatic carbocycles. The van der Waals surface area contributed by atoms with E-state index in [0.29, 0.717) is 12.3 Å². The molecule has 18 heavy (non-hydrogen) atoms. The Balaban J connectivity index is 1.96. The molecule has 1 saturated carbocycles. The van der Waals surface area contributed by atoms with Gasteiger partial charge in [-0.15, -0.1) is 0 Å². The van der Waals surface area contributed by atoms with Crippen molar-refractivity contribution < 1.29 is 9.53 Å². The van der Waals surface area contributed by atoms with Crippen molar-refractivity contribution in [3.63, 3.8) is 0 Å². The predicted molar refractivity (Wildman–Crippen MR) is 74.6 cm³/mol. The van der Waals surface area contributed by atoms with Crippen molar-refractivity contribution >= 4 is 19.1 Å². The van der Waals surface area contributed by atoms with Gasteiger partial charge in [0.15, 0.2) is 5.78 Å². The van der Waals surface area contributed by atoms with Crippen LogP contribution < -0.4 is 10.2 Å². The van der Waals surface area contributed by atoms with Gasteiger partial charge < -0.3 is 4.74 Å². The summed E-state index contributed by atoms with van der Waals surface area (Å²) < 4.78 is 6.24. The molecule has 0 radical (unpaired) electrons. The molecule has 3 rings (SSSR count). The van der Waals surface area contributed by atoms with Crippen LogP contribution >= 0.6 is 0 Å². The topological polar surface area (TPSA) is 26.3 Å². The summed E-state index contributed by atoms with van der Waals surface area (Å²) in [5, 5.41) is 0. The molecule has 0 amide bonds. The summed E-state index contributed by atoms with van der Waals surface area (Å²) in [7, 11) is 2.01. The summed E-state index contributed by atoms with van der Waals surface area (Å²) in [4.78, 5) is 12.3. The third kappa shape index (κ3) is 1.96. The maximum Gasteiger partial charge on any atom is 0.170 e. The van der Waals surface area contributed by atoms with E-state index in [9.17, 15) is 4.79 Å². The van der Waals surface area contributed by atoms with Gasteiger partial charge in [-0.1, -0.05) is 30.9 Å². The van der Waals surface area contributed by atoms with Gasteiger partial charge in [-0.05, 0) is 31.2 Å². The van der Waals surface area contributed by atoms with Crippen molar-refractivity contribution in [3.8, 4) is 5.75 Å². The molecule has 2 atom stereocenters. The summed E-state index contributed by atoms with van der Waals surface area (Å²) in [5.74, 6) is 1.72. The zero-order valence-corrected chi connectivity index (χ0v) is 11.2. The summed E-state index contributed by atoms with van der Waals surface area (Å²) in [6.07, 6.45) is 5.05. The normalized spacial score (nSPS) is 30.9. The summed E-state index contributed by atoms with van der Waals surface area (Å²) in [6, 6.07) is 5.94. The molecule has 1 heterocycles. The monoisotopic (exact) mass is 242 g/mol. The van der Waals surface area contributed by atoms with E-state index in [1.807, 2.05) is 26.0 Å². The number of rotatable bonds is 0. The van der Waals surface area contributed by atoms with Crippen LogP contribution in [-0.2, 0) is 0 Å². The van der Waals surface area contributed by atoms with Gasteiger partial charge in [0.05, 0.1) is 12.0 Å². The lowest BCUT2D eigenvalue weighted by atomic mass is 9.74.